The molecule has 0 aromatic heterocycles. The molecule has 0 aromatic rings. The SMILES string of the molecule is CCCCCCCCCCCCCCCCCCCCCCCCCC1CCCCC1. The minimum Gasteiger partial charge on any atom is -0.0654 e. The van der Waals surface area contributed by atoms with Crippen LogP contribution in [-0.2, 0) is 0 Å². The first kappa shape index (κ1) is 29.0. The van der Waals surface area contributed by atoms with Crippen molar-refractivity contribution in [2.45, 2.75) is 193 Å². The lowest BCUT2D eigenvalue weighted by molar-refractivity contribution is 0.328. The van der Waals surface area contributed by atoms with E-state index in [2.05, 4.69) is 6.92 Å². The van der Waals surface area contributed by atoms with Crippen LogP contribution in [0, 0.1) is 5.92 Å². The Morgan fingerprint density at radius 1 is 0.355 bits per heavy atom. The molecule has 1 rings (SSSR count). The summed E-state index contributed by atoms with van der Waals surface area (Å²) >= 11 is 0. The first-order chi connectivity index (χ1) is 15.4. The predicted octanol–water partition coefficient (Wildman–Crippen LogP) is 11.9. The third kappa shape index (κ3) is 21.6. The Balaban J connectivity index is 1.62. The minimum atomic E-state index is 1.10. The molecule has 0 spiro atoms. The molecule has 0 saturated heterocycles. The predicted molar refractivity (Wildman–Crippen MR) is 143 cm³/mol. The largest absolute Gasteiger partial charge is 0.0654 e. The van der Waals surface area contributed by atoms with E-state index >= 15 is 0 Å². The van der Waals surface area contributed by atoms with Gasteiger partial charge < -0.3 is 0 Å². The fourth-order valence-corrected chi connectivity index (χ4v) is 5.69. The fourth-order valence-electron chi connectivity index (χ4n) is 5.69. The number of hydrogen-bond acceptors (Lipinski definition) is 0. The van der Waals surface area contributed by atoms with E-state index in [-0.39, 0.29) is 0 Å². The number of rotatable bonds is 24. The molecule has 186 valence electrons. The molecule has 1 fully saturated rings. The molecule has 0 unspecified atom stereocenters. The van der Waals surface area contributed by atoms with Crippen LogP contribution in [0.5, 0.6) is 0 Å². The van der Waals surface area contributed by atoms with Crippen molar-refractivity contribution in [2.75, 3.05) is 0 Å². The van der Waals surface area contributed by atoms with E-state index in [0.717, 1.165) is 5.92 Å². The Hall–Kier alpha value is 0. The highest BCUT2D eigenvalue weighted by molar-refractivity contribution is 4.65. The average molecular weight is 435 g/mol. The van der Waals surface area contributed by atoms with Gasteiger partial charge in [0.25, 0.3) is 0 Å². The third-order valence-corrected chi connectivity index (χ3v) is 7.94. The summed E-state index contributed by atoms with van der Waals surface area (Å²) in [7, 11) is 0. The van der Waals surface area contributed by atoms with E-state index in [1.165, 1.54) is 167 Å². The summed E-state index contributed by atoms with van der Waals surface area (Å²) in [5.41, 5.74) is 0. The quantitative estimate of drug-likeness (QED) is 0.132. The highest BCUT2D eigenvalue weighted by Gasteiger charge is 2.12. The van der Waals surface area contributed by atoms with Crippen molar-refractivity contribution in [3.05, 3.63) is 0 Å². The molecule has 0 atom stereocenters. The van der Waals surface area contributed by atoms with E-state index < -0.39 is 0 Å². The van der Waals surface area contributed by atoms with Crippen LogP contribution in [0.1, 0.15) is 193 Å². The summed E-state index contributed by atoms with van der Waals surface area (Å²) in [4.78, 5) is 0. The molecular weight excluding hydrogens is 372 g/mol. The van der Waals surface area contributed by atoms with E-state index in [1.54, 1.807) is 19.3 Å². The molecule has 1 aliphatic carbocycles. The lowest BCUT2D eigenvalue weighted by Gasteiger charge is -2.21. The summed E-state index contributed by atoms with van der Waals surface area (Å²) in [5, 5.41) is 0. The zero-order chi connectivity index (χ0) is 22.1. The minimum absolute atomic E-state index is 1.10. The van der Waals surface area contributed by atoms with E-state index in [4.69, 9.17) is 0 Å². The Labute approximate surface area is 199 Å². The van der Waals surface area contributed by atoms with E-state index in [1.807, 2.05) is 0 Å². The number of hydrogen-bond donors (Lipinski definition) is 0. The van der Waals surface area contributed by atoms with Gasteiger partial charge in [-0.1, -0.05) is 193 Å². The second kappa shape index (κ2) is 24.6. The summed E-state index contributed by atoms with van der Waals surface area (Å²) in [6, 6.07) is 0. The maximum absolute atomic E-state index is 2.31. The fraction of sp³-hybridized carbons (Fsp3) is 1.00. The van der Waals surface area contributed by atoms with Crippen LogP contribution in [0.2, 0.25) is 0 Å². The Morgan fingerprint density at radius 3 is 0.968 bits per heavy atom. The van der Waals surface area contributed by atoms with E-state index in [9.17, 15) is 0 Å². The molecule has 0 aliphatic heterocycles. The monoisotopic (exact) mass is 434 g/mol. The standard InChI is InChI=1S/C31H62/c1-2-3-4-5-6-7-8-9-10-11-12-13-14-15-16-17-18-19-20-21-22-23-25-28-31-29-26-24-27-30-31/h31H,2-30H2,1H3. The van der Waals surface area contributed by atoms with Crippen LogP contribution in [0.15, 0.2) is 0 Å². The highest BCUT2D eigenvalue weighted by atomic mass is 14.2. The molecule has 31 heavy (non-hydrogen) atoms. The summed E-state index contributed by atoms with van der Waals surface area (Å²) < 4.78 is 0. The number of unbranched alkanes of at least 4 members (excludes halogenated alkanes) is 22. The molecule has 0 nitrogen and oxygen atoms in total. The van der Waals surface area contributed by atoms with E-state index in [0.29, 0.717) is 0 Å². The van der Waals surface area contributed by atoms with Gasteiger partial charge in [0.05, 0.1) is 0 Å². The van der Waals surface area contributed by atoms with Crippen molar-refractivity contribution in [2.24, 2.45) is 5.92 Å². The Kier molecular flexibility index (Phi) is 23.1. The van der Waals surface area contributed by atoms with Gasteiger partial charge in [-0.05, 0) is 5.92 Å². The molecule has 0 amide bonds. The highest BCUT2D eigenvalue weighted by Crippen LogP contribution is 2.28. The van der Waals surface area contributed by atoms with Crippen LogP contribution < -0.4 is 0 Å². The van der Waals surface area contributed by atoms with Gasteiger partial charge in [0, 0.05) is 0 Å². The lowest BCUT2D eigenvalue weighted by atomic mass is 9.85. The van der Waals surface area contributed by atoms with Gasteiger partial charge in [-0.2, -0.15) is 0 Å². The molecule has 1 aliphatic rings. The first-order valence-corrected chi connectivity index (χ1v) is 15.4. The third-order valence-electron chi connectivity index (χ3n) is 7.94. The van der Waals surface area contributed by atoms with Crippen molar-refractivity contribution in [3.63, 3.8) is 0 Å². The molecule has 0 heterocycles. The molecular formula is C31H62. The topological polar surface area (TPSA) is 0 Å². The molecule has 0 radical (unpaired) electrons. The van der Waals surface area contributed by atoms with Gasteiger partial charge in [-0.15, -0.1) is 0 Å². The zero-order valence-corrected chi connectivity index (χ0v) is 22.1. The second-order valence-corrected chi connectivity index (χ2v) is 11.1. The maximum Gasteiger partial charge on any atom is -0.0414 e. The van der Waals surface area contributed by atoms with Crippen molar-refractivity contribution in [1.29, 1.82) is 0 Å². The normalized spacial score (nSPS) is 15.0. The van der Waals surface area contributed by atoms with Crippen molar-refractivity contribution in [3.8, 4) is 0 Å². The van der Waals surface area contributed by atoms with Crippen molar-refractivity contribution < 1.29 is 0 Å². The van der Waals surface area contributed by atoms with Crippen LogP contribution in [-0.4, -0.2) is 0 Å². The van der Waals surface area contributed by atoms with Crippen LogP contribution in [0.4, 0.5) is 0 Å². The van der Waals surface area contributed by atoms with Crippen LogP contribution in [0.3, 0.4) is 0 Å². The lowest BCUT2D eigenvalue weighted by Crippen LogP contribution is -2.05. The molecule has 1 saturated carbocycles. The summed E-state index contributed by atoms with van der Waals surface area (Å²) in [6.45, 7) is 2.31. The smallest absolute Gasteiger partial charge is 0.0414 e. The molecule has 0 N–H and O–H groups in total. The Morgan fingerprint density at radius 2 is 0.645 bits per heavy atom. The summed E-state index contributed by atoms with van der Waals surface area (Å²) in [6.07, 6.45) is 43.4. The van der Waals surface area contributed by atoms with Gasteiger partial charge in [0.2, 0.25) is 0 Å². The zero-order valence-electron chi connectivity index (χ0n) is 22.1. The Bertz CT molecular complexity index is 314. The molecule has 0 bridgehead atoms. The van der Waals surface area contributed by atoms with Crippen molar-refractivity contribution >= 4 is 0 Å². The summed E-state index contributed by atoms with van der Waals surface area (Å²) in [5.74, 6) is 1.10. The second-order valence-electron chi connectivity index (χ2n) is 11.1. The first-order valence-electron chi connectivity index (χ1n) is 15.4. The van der Waals surface area contributed by atoms with Crippen LogP contribution >= 0.6 is 0 Å². The maximum atomic E-state index is 2.31. The van der Waals surface area contributed by atoms with Crippen molar-refractivity contribution in [1.82, 2.24) is 0 Å². The van der Waals surface area contributed by atoms with Gasteiger partial charge in [0.15, 0.2) is 0 Å². The van der Waals surface area contributed by atoms with Gasteiger partial charge in [-0.3, -0.25) is 0 Å². The van der Waals surface area contributed by atoms with Gasteiger partial charge in [-0.25, -0.2) is 0 Å². The van der Waals surface area contributed by atoms with Crippen LogP contribution in [0.25, 0.3) is 0 Å². The average Bonchev–Trinajstić information content (AvgIpc) is 2.80. The van der Waals surface area contributed by atoms with Gasteiger partial charge >= 0.3 is 0 Å². The van der Waals surface area contributed by atoms with Gasteiger partial charge in [0.1, 0.15) is 0 Å². The molecule has 0 aromatic carbocycles. The molecule has 0 heteroatoms.